The highest BCUT2D eigenvalue weighted by Crippen LogP contribution is 2.26. The van der Waals surface area contributed by atoms with Crippen LogP contribution in [0.25, 0.3) is 0 Å². The van der Waals surface area contributed by atoms with Crippen LogP contribution in [0, 0.1) is 0 Å². The average molecular weight is 699 g/mol. The van der Waals surface area contributed by atoms with E-state index in [-0.39, 0.29) is 36.7 Å². The summed E-state index contributed by atoms with van der Waals surface area (Å²) in [4.78, 5) is 65.4. The Morgan fingerprint density at radius 1 is 0.700 bits per heavy atom. The van der Waals surface area contributed by atoms with Gasteiger partial charge < -0.3 is 43.7 Å². The number of phenols is 1. The molecule has 14 heteroatoms. The molecule has 0 saturated carbocycles. The summed E-state index contributed by atoms with van der Waals surface area (Å²) in [5, 5.41) is 9.54. The van der Waals surface area contributed by atoms with E-state index in [2.05, 4.69) is 9.80 Å². The standard InChI is InChI=1S/C20H28N2O6.C16H22N2O4/c1-5-26-18(24)14-27-17-7-6-16(12-15(17)13-23)21-8-10-22(11-9-21)19(25)28-20(2,3)4;1-16(2,3)22-15(21)18-8-6-17(7-9-18)13-4-5-14(20)12(10-13)11-19/h6-7,12-13H,5,8-11,14H2,1-4H3;4-5,10-11,20H,6-9H2,1-3H3. The number of rotatable bonds is 8. The number of carbonyl (C=O) groups excluding carboxylic acids is 5. The Bertz CT molecular complexity index is 1480. The summed E-state index contributed by atoms with van der Waals surface area (Å²) in [7, 11) is 0. The minimum atomic E-state index is -0.521. The fraction of sp³-hybridized carbons (Fsp3) is 0.528. The number of amides is 2. The third-order valence-electron chi connectivity index (χ3n) is 7.50. The molecule has 274 valence electrons. The van der Waals surface area contributed by atoms with Crippen LogP contribution >= 0.6 is 0 Å². The number of carbonyl (C=O) groups is 5. The molecule has 1 N–H and O–H groups in total. The summed E-state index contributed by atoms with van der Waals surface area (Å²) >= 11 is 0. The minimum Gasteiger partial charge on any atom is -0.507 e. The van der Waals surface area contributed by atoms with E-state index in [1.54, 1.807) is 41.0 Å². The molecule has 0 bridgehead atoms. The van der Waals surface area contributed by atoms with E-state index in [1.807, 2.05) is 47.6 Å². The molecule has 14 nitrogen and oxygen atoms in total. The van der Waals surface area contributed by atoms with Gasteiger partial charge in [0.15, 0.2) is 19.2 Å². The predicted molar refractivity (Wildman–Crippen MR) is 187 cm³/mol. The first-order chi connectivity index (χ1) is 23.5. The number of aldehydes is 2. The van der Waals surface area contributed by atoms with Crippen LogP contribution in [-0.4, -0.2) is 122 Å². The molecule has 2 fully saturated rings. The number of nitrogens with zero attached hydrogens (tertiary/aromatic N) is 4. The topological polar surface area (TPSA) is 155 Å². The van der Waals surface area contributed by atoms with Crippen molar-refractivity contribution in [3.05, 3.63) is 47.5 Å². The first kappa shape index (κ1) is 39.4. The van der Waals surface area contributed by atoms with Crippen molar-refractivity contribution in [2.45, 2.75) is 59.7 Å². The summed E-state index contributed by atoms with van der Waals surface area (Å²) < 4.78 is 21.0. The zero-order chi connectivity index (χ0) is 37.1. The van der Waals surface area contributed by atoms with E-state index in [4.69, 9.17) is 18.9 Å². The Balaban J connectivity index is 0.000000278. The fourth-order valence-corrected chi connectivity index (χ4v) is 5.08. The van der Waals surface area contributed by atoms with Gasteiger partial charge >= 0.3 is 18.2 Å². The summed E-state index contributed by atoms with van der Waals surface area (Å²) in [5.41, 5.74) is 1.33. The largest absolute Gasteiger partial charge is 0.507 e. The smallest absolute Gasteiger partial charge is 0.410 e. The van der Waals surface area contributed by atoms with Crippen LogP contribution in [-0.2, 0) is 19.0 Å². The molecule has 0 atom stereocenters. The quantitative estimate of drug-likeness (QED) is 0.230. The molecule has 0 aromatic heterocycles. The van der Waals surface area contributed by atoms with Gasteiger partial charge in [-0.05, 0) is 84.9 Å². The molecule has 2 aliphatic heterocycles. The van der Waals surface area contributed by atoms with Crippen molar-refractivity contribution in [1.82, 2.24) is 9.80 Å². The van der Waals surface area contributed by atoms with Gasteiger partial charge in [-0.1, -0.05) is 0 Å². The first-order valence-corrected chi connectivity index (χ1v) is 16.6. The Kier molecular flexibility index (Phi) is 13.9. The Morgan fingerprint density at radius 3 is 1.56 bits per heavy atom. The van der Waals surface area contributed by atoms with Crippen molar-refractivity contribution in [3.63, 3.8) is 0 Å². The molecule has 2 aromatic carbocycles. The minimum absolute atomic E-state index is 0.0221. The van der Waals surface area contributed by atoms with E-state index in [9.17, 15) is 29.1 Å². The van der Waals surface area contributed by atoms with Crippen molar-refractivity contribution in [2.24, 2.45) is 0 Å². The highest BCUT2D eigenvalue weighted by Gasteiger charge is 2.27. The zero-order valence-corrected chi connectivity index (χ0v) is 30.1. The summed E-state index contributed by atoms with van der Waals surface area (Å²) in [6.07, 6.45) is 0.714. The first-order valence-electron chi connectivity index (χ1n) is 16.6. The second-order valence-electron chi connectivity index (χ2n) is 13.7. The molecule has 0 aliphatic carbocycles. The monoisotopic (exact) mass is 698 g/mol. The lowest BCUT2D eigenvalue weighted by Gasteiger charge is -2.36. The van der Waals surface area contributed by atoms with Gasteiger partial charge in [0, 0.05) is 63.7 Å². The van der Waals surface area contributed by atoms with Crippen molar-refractivity contribution in [2.75, 3.05) is 75.4 Å². The van der Waals surface area contributed by atoms with Crippen LogP contribution < -0.4 is 14.5 Å². The fourth-order valence-electron chi connectivity index (χ4n) is 5.08. The molecule has 0 spiro atoms. The van der Waals surface area contributed by atoms with Crippen LogP contribution in [0.2, 0.25) is 0 Å². The van der Waals surface area contributed by atoms with Gasteiger partial charge in [-0.25, -0.2) is 14.4 Å². The van der Waals surface area contributed by atoms with Crippen LogP contribution in [0.15, 0.2) is 36.4 Å². The van der Waals surface area contributed by atoms with Gasteiger partial charge in [0.25, 0.3) is 0 Å². The average Bonchev–Trinajstić information content (AvgIpc) is 3.06. The molecule has 2 amide bonds. The maximum Gasteiger partial charge on any atom is 0.410 e. The van der Waals surface area contributed by atoms with Crippen LogP contribution in [0.3, 0.4) is 0 Å². The summed E-state index contributed by atoms with van der Waals surface area (Å²) in [6.45, 7) is 17.6. The van der Waals surface area contributed by atoms with Gasteiger partial charge in [0.1, 0.15) is 22.7 Å². The molecule has 2 heterocycles. The van der Waals surface area contributed by atoms with Crippen LogP contribution in [0.4, 0.5) is 21.0 Å². The molecule has 2 aliphatic rings. The van der Waals surface area contributed by atoms with Gasteiger partial charge in [0.2, 0.25) is 0 Å². The lowest BCUT2D eigenvalue weighted by atomic mass is 10.1. The molecule has 0 radical (unpaired) electrons. The number of ether oxygens (including phenoxy) is 4. The second-order valence-corrected chi connectivity index (χ2v) is 13.7. The lowest BCUT2D eigenvalue weighted by Crippen LogP contribution is -2.50. The molecule has 2 saturated heterocycles. The van der Waals surface area contributed by atoms with Gasteiger partial charge in [0.05, 0.1) is 17.7 Å². The Hall–Kier alpha value is -5.01. The van der Waals surface area contributed by atoms with Crippen LogP contribution in [0.1, 0.15) is 69.2 Å². The van der Waals surface area contributed by atoms with Crippen molar-refractivity contribution >= 4 is 42.1 Å². The number of esters is 1. The van der Waals surface area contributed by atoms with E-state index >= 15 is 0 Å². The highest BCUT2D eigenvalue weighted by molar-refractivity contribution is 5.83. The molecule has 0 unspecified atom stereocenters. The maximum atomic E-state index is 12.2. The highest BCUT2D eigenvalue weighted by atomic mass is 16.6. The van der Waals surface area contributed by atoms with Crippen molar-refractivity contribution in [1.29, 1.82) is 0 Å². The summed E-state index contributed by atoms with van der Waals surface area (Å²) in [6, 6.07) is 10.2. The Morgan fingerprint density at radius 2 is 1.14 bits per heavy atom. The van der Waals surface area contributed by atoms with Crippen LogP contribution in [0.5, 0.6) is 11.5 Å². The number of aromatic hydroxyl groups is 1. The van der Waals surface area contributed by atoms with E-state index in [1.165, 1.54) is 6.07 Å². The van der Waals surface area contributed by atoms with Crippen molar-refractivity contribution < 1.29 is 48.0 Å². The predicted octanol–water partition coefficient (Wildman–Crippen LogP) is 4.76. The normalized spacial score (nSPS) is 14.9. The third-order valence-corrected chi connectivity index (χ3v) is 7.50. The number of anilines is 2. The molecular weight excluding hydrogens is 648 g/mol. The molecular formula is C36H50N4O10. The lowest BCUT2D eigenvalue weighted by molar-refractivity contribution is -0.145. The van der Waals surface area contributed by atoms with E-state index in [0.29, 0.717) is 76.2 Å². The maximum absolute atomic E-state index is 12.2. The van der Waals surface area contributed by atoms with Crippen molar-refractivity contribution in [3.8, 4) is 11.5 Å². The molecule has 2 aromatic rings. The zero-order valence-electron chi connectivity index (χ0n) is 30.1. The number of hydrogen-bond donors (Lipinski definition) is 1. The van der Waals surface area contributed by atoms with Gasteiger partial charge in [-0.15, -0.1) is 0 Å². The molecule has 4 rings (SSSR count). The SMILES string of the molecule is CC(C)(C)OC(=O)N1CCN(c2ccc(O)c(C=O)c2)CC1.CCOC(=O)COc1ccc(N2CCN(C(=O)OC(C)(C)C)CC2)cc1C=O. The van der Waals surface area contributed by atoms with E-state index < -0.39 is 17.2 Å². The second kappa shape index (κ2) is 17.6. The van der Waals surface area contributed by atoms with Gasteiger partial charge in [-0.2, -0.15) is 0 Å². The van der Waals surface area contributed by atoms with E-state index in [0.717, 1.165) is 11.4 Å². The van der Waals surface area contributed by atoms with Gasteiger partial charge in [-0.3, -0.25) is 9.59 Å². The number of benzene rings is 2. The Labute approximate surface area is 293 Å². The molecule has 50 heavy (non-hydrogen) atoms. The third kappa shape index (κ3) is 12.1. The number of phenolic OH excluding ortho intramolecular Hbond substituents is 1. The number of hydrogen-bond acceptors (Lipinski definition) is 12. The summed E-state index contributed by atoms with van der Waals surface area (Å²) in [5.74, 6) is -0.174. The number of piperazine rings is 2.